The summed E-state index contributed by atoms with van der Waals surface area (Å²) in [4.78, 5) is 16.3. The van der Waals surface area contributed by atoms with Gasteiger partial charge in [-0.2, -0.15) is 13.2 Å². The molecule has 0 unspecified atom stereocenters. The molecule has 1 aromatic carbocycles. The lowest BCUT2D eigenvalue weighted by atomic mass is 9.98. The van der Waals surface area contributed by atoms with Crippen molar-refractivity contribution in [3.8, 4) is 0 Å². The van der Waals surface area contributed by atoms with Crippen LogP contribution in [0.4, 0.5) is 13.2 Å². The second-order valence-electron chi connectivity index (χ2n) is 7.56. The number of fused-ring (bicyclic) bond motifs is 1. The van der Waals surface area contributed by atoms with E-state index in [4.69, 9.17) is 0 Å². The van der Waals surface area contributed by atoms with Gasteiger partial charge in [-0.25, -0.2) is 4.98 Å². The molecule has 0 atom stereocenters. The van der Waals surface area contributed by atoms with Crippen LogP contribution in [0.1, 0.15) is 59.8 Å². The number of nitrogens with one attached hydrogen (secondary N) is 1. The van der Waals surface area contributed by atoms with Gasteiger partial charge in [0.2, 0.25) is 0 Å². The number of hydrogen-bond acceptors (Lipinski definition) is 3. The zero-order chi connectivity index (χ0) is 19.3. The summed E-state index contributed by atoms with van der Waals surface area (Å²) in [6.45, 7) is 4.69. The predicted molar refractivity (Wildman–Crippen MR) is 92.1 cm³/mol. The minimum atomic E-state index is -4.55. The SMILES string of the molecule is Cc1cc(C(=O)NCC(C)(C)O)nc2c(C(F)(F)F)cc(C3CC3)cc12. The number of halogens is 3. The van der Waals surface area contributed by atoms with Gasteiger partial charge in [-0.15, -0.1) is 0 Å². The van der Waals surface area contributed by atoms with Crippen LogP contribution >= 0.6 is 0 Å². The molecule has 1 heterocycles. The van der Waals surface area contributed by atoms with Crippen molar-refractivity contribution in [2.75, 3.05) is 6.54 Å². The molecule has 0 spiro atoms. The number of aryl methyl sites for hydroxylation is 1. The molecule has 140 valence electrons. The highest BCUT2D eigenvalue weighted by Crippen LogP contribution is 2.44. The standard InChI is InChI=1S/C19H21F3N2O2/c1-10-6-15(17(25)23-9-18(2,3)26)24-16-13(10)7-12(11-4-5-11)8-14(16)19(20,21)22/h6-8,11,26H,4-5,9H2,1-3H3,(H,23,25). The molecular weight excluding hydrogens is 345 g/mol. The third-order valence-electron chi connectivity index (χ3n) is 4.41. The zero-order valence-electron chi connectivity index (χ0n) is 14.9. The first-order chi connectivity index (χ1) is 12.0. The van der Waals surface area contributed by atoms with Crippen molar-refractivity contribution in [3.05, 3.63) is 40.6 Å². The van der Waals surface area contributed by atoms with E-state index in [0.717, 1.165) is 18.9 Å². The molecule has 1 amide bonds. The fourth-order valence-electron chi connectivity index (χ4n) is 2.89. The maximum absolute atomic E-state index is 13.6. The van der Waals surface area contributed by atoms with E-state index in [9.17, 15) is 23.1 Å². The van der Waals surface area contributed by atoms with Crippen molar-refractivity contribution in [2.24, 2.45) is 0 Å². The van der Waals surface area contributed by atoms with E-state index < -0.39 is 23.2 Å². The first-order valence-electron chi connectivity index (χ1n) is 8.49. The van der Waals surface area contributed by atoms with Gasteiger partial charge in [0, 0.05) is 11.9 Å². The number of alkyl halides is 3. The van der Waals surface area contributed by atoms with Crippen LogP contribution in [0.5, 0.6) is 0 Å². The second kappa shape index (κ2) is 6.23. The fraction of sp³-hybridized carbons (Fsp3) is 0.474. The Morgan fingerprint density at radius 3 is 2.46 bits per heavy atom. The summed E-state index contributed by atoms with van der Waals surface area (Å²) >= 11 is 0. The minimum absolute atomic E-state index is 0.0304. The van der Waals surface area contributed by atoms with E-state index in [1.54, 1.807) is 13.0 Å². The fourth-order valence-corrected chi connectivity index (χ4v) is 2.89. The van der Waals surface area contributed by atoms with Gasteiger partial charge >= 0.3 is 6.18 Å². The van der Waals surface area contributed by atoms with E-state index in [0.29, 0.717) is 16.5 Å². The number of carbonyl (C=O) groups excluding carboxylic acids is 1. The number of carbonyl (C=O) groups is 1. The Labute approximate surface area is 149 Å². The molecule has 2 aromatic rings. The van der Waals surface area contributed by atoms with Crippen LogP contribution in [0.3, 0.4) is 0 Å². The second-order valence-corrected chi connectivity index (χ2v) is 7.56. The molecule has 1 aromatic heterocycles. The highest BCUT2D eigenvalue weighted by molar-refractivity contribution is 5.97. The zero-order valence-corrected chi connectivity index (χ0v) is 14.9. The molecule has 4 nitrogen and oxygen atoms in total. The van der Waals surface area contributed by atoms with E-state index in [1.807, 2.05) is 0 Å². The summed E-state index contributed by atoms with van der Waals surface area (Å²) in [5.74, 6) is -0.439. The lowest BCUT2D eigenvalue weighted by Crippen LogP contribution is -2.38. The van der Waals surface area contributed by atoms with Crippen molar-refractivity contribution in [1.29, 1.82) is 0 Å². The summed E-state index contributed by atoms with van der Waals surface area (Å²) in [6, 6.07) is 4.40. The van der Waals surface area contributed by atoms with Crippen LogP contribution in [-0.4, -0.2) is 28.1 Å². The van der Waals surface area contributed by atoms with Crippen molar-refractivity contribution in [1.82, 2.24) is 10.3 Å². The van der Waals surface area contributed by atoms with E-state index >= 15 is 0 Å². The van der Waals surface area contributed by atoms with Gasteiger partial charge in [0.1, 0.15) is 5.69 Å². The van der Waals surface area contributed by atoms with Crippen molar-refractivity contribution in [2.45, 2.75) is 51.3 Å². The maximum Gasteiger partial charge on any atom is 0.418 e. The average Bonchev–Trinajstić information content (AvgIpc) is 3.34. The van der Waals surface area contributed by atoms with Crippen LogP contribution in [0.2, 0.25) is 0 Å². The molecular formula is C19H21F3N2O2. The van der Waals surface area contributed by atoms with E-state index in [2.05, 4.69) is 10.3 Å². The van der Waals surface area contributed by atoms with E-state index in [-0.39, 0.29) is 23.7 Å². The quantitative estimate of drug-likeness (QED) is 0.862. The molecule has 0 bridgehead atoms. The molecule has 3 rings (SSSR count). The summed E-state index contributed by atoms with van der Waals surface area (Å²) in [7, 11) is 0. The molecule has 1 saturated carbocycles. The summed E-state index contributed by atoms with van der Waals surface area (Å²) in [5.41, 5.74) is -1.00. The summed E-state index contributed by atoms with van der Waals surface area (Å²) in [6.07, 6.45) is -2.76. The smallest absolute Gasteiger partial charge is 0.389 e. The van der Waals surface area contributed by atoms with Crippen LogP contribution in [0, 0.1) is 6.92 Å². The van der Waals surface area contributed by atoms with Gasteiger partial charge in [-0.1, -0.05) is 0 Å². The van der Waals surface area contributed by atoms with Gasteiger partial charge in [0.05, 0.1) is 16.7 Å². The monoisotopic (exact) mass is 366 g/mol. The predicted octanol–water partition coefficient (Wildman–Crippen LogP) is 3.94. The van der Waals surface area contributed by atoms with Crippen molar-refractivity contribution in [3.63, 3.8) is 0 Å². The molecule has 1 aliphatic rings. The van der Waals surface area contributed by atoms with Crippen molar-refractivity contribution >= 4 is 16.8 Å². The van der Waals surface area contributed by atoms with Gasteiger partial charge in [-0.3, -0.25) is 4.79 Å². The number of amides is 1. The van der Waals surface area contributed by atoms with Crippen LogP contribution in [-0.2, 0) is 6.18 Å². The first kappa shape index (κ1) is 18.6. The Morgan fingerprint density at radius 2 is 1.92 bits per heavy atom. The minimum Gasteiger partial charge on any atom is -0.389 e. The first-order valence-corrected chi connectivity index (χ1v) is 8.49. The largest absolute Gasteiger partial charge is 0.418 e. The normalized spacial score (nSPS) is 15.3. The van der Waals surface area contributed by atoms with Gasteiger partial charge in [0.15, 0.2) is 0 Å². The van der Waals surface area contributed by atoms with E-state index in [1.165, 1.54) is 19.9 Å². The van der Waals surface area contributed by atoms with Crippen LogP contribution < -0.4 is 5.32 Å². The Bertz CT molecular complexity index is 866. The Balaban J connectivity index is 2.09. The lowest BCUT2D eigenvalue weighted by molar-refractivity contribution is -0.136. The molecule has 1 aliphatic carbocycles. The van der Waals surface area contributed by atoms with Gasteiger partial charge < -0.3 is 10.4 Å². The molecule has 0 aliphatic heterocycles. The molecule has 1 fully saturated rings. The molecule has 26 heavy (non-hydrogen) atoms. The average molecular weight is 366 g/mol. The lowest BCUT2D eigenvalue weighted by Gasteiger charge is -2.18. The Morgan fingerprint density at radius 1 is 1.27 bits per heavy atom. The Kier molecular flexibility index (Phi) is 4.46. The topological polar surface area (TPSA) is 62.2 Å². The van der Waals surface area contributed by atoms with Gasteiger partial charge in [-0.05, 0) is 68.9 Å². The number of rotatable bonds is 4. The Hall–Kier alpha value is -2.15. The summed E-state index contributed by atoms with van der Waals surface area (Å²) in [5, 5.41) is 12.6. The molecule has 7 heteroatoms. The number of hydrogen-bond donors (Lipinski definition) is 2. The highest BCUT2D eigenvalue weighted by Gasteiger charge is 2.36. The maximum atomic E-state index is 13.6. The number of aliphatic hydroxyl groups is 1. The van der Waals surface area contributed by atoms with Gasteiger partial charge in [0.25, 0.3) is 5.91 Å². The molecule has 2 N–H and O–H groups in total. The molecule has 0 saturated heterocycles. The van der Waals surface area contributed by atoms with Crippen molar-refractivity contribution < 1.29 is 23.1 Å². The summed E-state index contributed by atoms with van der Waals surface area (Å²) < 4.78 is 40.7. The highest BCUT2D eigenvalue weighted by atomic mass is 19.4. The van der Waals surface area contributed by atoms with Crippen LogP contribution in [0.25, 0.3) is 10.9 Å². The number of nitrogens with zero attached hydrogens (tertiary/aromatic N) is 1. The number of benzene rings is 1. The third-order valence-corrected chi connectivity index (χ3v) is 4.41. The van der Waals surface area contributed by atoms with Crippen LogP contribution in [0.15, 0.2) is 18.2 Å². The third kappa shape index (κ3) is 3.98. The number of aromatic nitrogens is 1. The number of pyridine rings is 1. The molecule has 0 radical (unpaired) electrons.